The Balaban J connectivity index is 1.61. The number of esters is 1. The zero-order valence-corrected chi connectivity index (χ0v) is 30.5. The van der Waals surface area contributed by atoms with Gasteiger partial charge in [-0.1, -0.05) is 37.3 Å². The quantitative estimate of drug-likeness (QED) is 0.0856. The number of carbonyl (C=O) groups excluding carboxylic acids is 2. The highest BCUT2D eigenvalue weighted by atomic mass is 19.4. The summed E-state index contributed by atoms with van der Waals surface area (Å²) in [6.07, 6.45) is -15.5. The number of nitrogens with zero attached hydrogens (tertiary/aromatic N) is 3. The van der Waals surface area contributed by atoms with Gasteiger partial charge in [0.2, 0.25) is 0 Å². The number of carbonyl (C=O) groups is 2. The molecule has 4 aromatic rings. The Hall–Kier alpha value is -5.39. The first-order valence-electron chi connectivity index (χ1n) is 17.7. The van der Waals surface area contributed by atoms with Crippen molar-refractivity contribution in [3.05, 3.63) is 118 Å². The summed E-state index contributed by atoms with van der Waals surface area (Å²) < 4.78 is 141. The molecule has 3 aromatic carbocycles. The van der Waals surface area contributed by atoms with Crippen molar-refractivity contribution in [2.45, 2.75) is 82.7 Å². The maximum absolute atomic E-state index is 14.2. The van der Waals surface area contributed by atoms with Gasteiger partial charge in [-0.3, -0.25) is 9.69 Å². The first kappa shape index (κ1) is 42.7. The summed E-state index contributed by atoms with van der Waals surface area (Å²) in [7, 11) is 0. The molecule has 1 amide bonds. The number of rotatable bonds is 12. The summed E-state index contributed by atoms with van der Waals surface area (Å²) in [5, 5.41) is 0. The lowest BCUT2D eigenvalue weighted by Gasteiger charge is -2.44. The van der Waals surface area contributed by atoms with Gasteiger partial charge in [-0.15, -0.1) is 0 Å². The topological polar surface area (TPSA) is 117 Å². The van der Waals surface area contributed by atoms with Gasteiger partial charge >= 0.3 is 30.6 Å². The maximum Gasteiger partial charge on any atom is 0.416 e. The van der Waals surface area contributed by atoms with Crippen molar-refractivity contribution in [2.24, 2.45) is 5.73 Å². The normalized spacial score (nSPS) is 17.2. The molecule has 0 radical (unpaired) electrons. The molecular weight excluding hydrogens is 775 g/mol. The van der Waals surface area contributed by atoms with Crippen LogP contribution in [0.25, 0.3) is 0 Å². The summed E-state index contributed by atoms with van der Waals surface area (Å²) in [4.78, 5) is 35.5. The molecule has 3 unspecified atom stereocenters. The van der Waals surface area contributed by atoms with E-state index in [1.165, 1.54) is 0 Å². The highest BCUT2D eigenvalue weighted by molar-refractivity contribution is 5.91. The molecule has 0 bridgehead atoms. The van der Waals surface area contributed by atoms with Crippen molar-refractivity contribution in [3.8, 4) is 5.75 Å². The first-order valence-corrected chi connectivity index (χ1v) is 17.7. The molecule has 0 saturated carbocycles. The third-order valence-electron chi connectivity index (χ3n) is 9.16. The molecule has 1 aliphatic rings. The molecule has 0 spiro atoms. The van der Waals surface area contributed by atoms with Gasteiger partial charge < -0.3 is 19.9 Å². The predicted molar refractivity (Wildman–Crippen MR) is 187 cm³/mol. The van der Waals surface area contributed by atoms with Crippen LogP contribution >= 0.6 is 0 Å². The van der Waals surface area contributed by atoms with Crippen molar-refractivity contribution < 1.29 is 63.3 Å². The van der Waals surface area contributed by atoms with Gasteiger partial charge in [0, 0.05) is 18.9 Å². The molecule has 3 atom stereocenters. The zero-order valence-electron chi connectivity index (χ0n) is 30.5. The number of nitrogens with two attached hydrogens (primary N) is 1. The SMILES string of the molecule is CCOC(=O)CCCOc1cnc(C2c3cc(C(F)(F)F)ccc3N(C(=O)OCc3ccccc3)C(CC)C2N)nc1Cc1cc(C(F)(F)F)cc(C(F)(F)F)c1. The lowest BCUT2D eigenvalue weighted by Crippen LogP contribution is -2.57. The molecule has 57 heavy (non-hydrogen) atoms. The van der Waals surface area contributed by atoms with Crippen LogP contribution in [-0.4, -0.2) is 47.3 Å². The van der Waals surface area contributed by atoms with E-state index in [9.17, 15) is 49.1 Å². The van der Waals surface area contributed by atoms with Gasteiger partial charge in [0.15, 0.2) is 5.75 Å². The minimum absolute atomic E-state index is 0.00301. The Labute approximate surface area is 320 Å². The summed E-state index contributed by atoms with van der Waals surface area (Å²) in [5.41, 5.74) is 2.32. The van der Waals surface area contributed by atoms with Gasteiger partial charge in [0.1, 0.15) is 12.4 Å². The van der Waals surface area contributed by atoms with Crippen molar-refractivity contribution in [1.29, 1.82) is 0 Å². The van der Waals surface area contributed by atoms with E-state index < -0.39 is 77.3 Å². The van der Waals surface area contributed by atoms with Crippen LogP contribution in [-0.2, 0) is 45.8 Å². The van der Waals surface area contributed by atoms with Crippen LogP contribution in [0.5, 0.6) is 5.75 Å². The number of fused-ring (bicyclic) bond motifs is 1. The number of aromatic nitrogens is 2. The van der Waals surface area contributed by atoms with Gasteiger partial charge in [-0.25, -0.2) is 14.8 Å². The standard InChI is InChI=1S/C39H37F9N4O5/c1-3-29-34(49)33(27-19-24(37(40,41)42)12-13-30(27)52(29)36(54)57-21-22-9-6-5-7-10-22)35-50-20-31(56-14-8-11-32(53)55-4-2)28(51-35)17-23-15-25(38(43,44)45)18-26(16-23)39(46,47)48/h5-7,9-10,12-13,15-16,18-20,29,33-34H,3-4,8,11,14,17,21,49H2,1-2H3. The van der Waals surface area contributed by atoms with E-state index in [0.29, 0.717) is 17.7 Å². The van der Waals surface area contributed by atoms with Crippen LogP contribution in [0.2, 0.25) is 0 Å². The van der Waals surface area contributed by atoms with Gasteiger partial charge in [0.05, 0.1) is 59.4 Å². The fourth-order valence-electron chi connectivity index (χ4n) is 6.53. The van der Waals surface area contributed by atoms with E-state index in [1.54, 1.807) is 44.2 Å². The molecule has 18 heteroatoms. The molecule has 0 aliphatic carbocycles. The van der Waals surface area contributed by atoms with Crippen LogP contribution in [0.1, 0.15) is 83.9 Å². The summed E-state index contributed by atoms with van der Waals surface area (Å²) in [6, 6.07) is 10.2. The first-order chi connectivity index (χ1) is 26.8. The van der Waals surface area contributed by atoms with Crippen LogP contribution < -0.4 is 15.4 Å². The molecule has 2 N–H and O–H groups in total. The molecule has 1 aromatic heterocycles. The number of ether oxygens (including phenoxy) is 3. The van der Waals surface area contributed by atoms with E-state index in [2.05, 4.69) is 9.97 Å². The molecule has 9 nitrogen and oxygen atoms in total. The minimum Gasteiger partial charge on any atom is -0.490 e. The molecule has 306 valence electrons. The molecule has 2 heterocycles. The fourth-order valence-corrected chi connectivity index (χ4v) is 6.53. The number of halogens is 9. The maximum atomic E-state index is 14.2. The third-order valence-corrected chi connectivity index (χ3v) is 9.16. The second kappa shape index (κ2) is 17.4. The summed E-state index contributed by atoms with van der Waals surface area (Å²) in [5.74, 6) is -2.24. The molecule has 5 rings (SSSR count). The average Bonchev–Trinajstić information content (AvgIpc) is 3.14. The van der Waals surface area contributed by atoms with Gasteiger partial charge in [-0.05, 0) is 72.9 Å². The Morgan fingerprint density at radius 1 is 0.807 bits per heavy atom. The van der Waals surface area contributed by atoms with E-state index >= 15 is 0 Å². The molecule has 0 saturated heterocycles. The van der Waals surface area contributed by atoms with Crippen molar-refractivity contribution in [2.75, 3.05) is 18.1 Å². The van der Waals surface area contributed by atoms with Crippen molar-refractivity contribution in [3.63, 3.8) is 0 Å². The van der Waals surface area contributed by atoms with E-state index in [4.69, 9.17) is 19.9 Å². The number of amides is 1. The smallest absolute Gasteiger partial charge is 0.416 e. The third kappa shape index (κ3) is 10.3. The highest BCUT2D eigenvalue weighted by Gasteiger charge is 2.45. The van der Waals surface area contributed by atoms with Crippen LogP contribution in [0.15, 0.2) is 72.9 Å². The zero-order chi connectivity index (χ0) is 41.7. The Morgan fingerprint density at radius 3 is 2.05 bits per heavy atom. The van der Waals surface area contributed by atoms with Crippen LogP contribution in [0.4, 0.5) is 50.0 Å². The number of alkyl halides is 9. The molecular formula is C39H37F9N4O5. The van der Waals surface area contributed by atoms with E-state index in [0.717, 1.165) is 29.3 Å². The fraction of sp³-hybridized carbons (Fsp3) is 0.385. The number of hydrogen-bond acceptors (Lipinski definition) is 8. The molecule has 0 fully saturated rings. The Bertz CT molecular complexity index is 2010. The molecule has 1 aliphatic heterocycles. The number of anilines is 1. The number of hydrogen-bond donors (Lipinski definition) is 1. The van der Waals surface area contributed by atoms with Gasteiger partial charge in [0.25, 0.3) is 0 Å². The van der Waals surface area contributed by atoms with Crippen molar-refractivity contribution in [1.82, 2.24) is 9.97 Å². The Kier molecular flexibility index (Phi) is 13.0. The lowest BCUT2D eigenvalue weighted by molar-refractivity contribution is -0.144. The average molecular weight is 813 g/mol. The van der Waals surface area contributed by atoms with Crippen LogP contribution in [0.3, 0.4) is 0 Å². The van der Waals surface area contributed by atoms with Crippen LogP contribution in [0, 0.1) is 0 Å². The second-order valence-electron chi connectivity index (χ2n) is 13.1. The van der Waals surface area contributed by atoms with E-state index in [-0.39, 0.29) is 73.7 Å². The van der Waals surface area contributed by atoms with Gasteiger partial charge in [-0.2, -0.15) is 39.5 Å². The predicted octanol–water partition coefficient (Wildman–Crippen LogP) is 9.24. The largest absolute Gasteiger partial charge is 0.490 e. The summed E-state index contributed by atoms with van der Waals surface area (Å²) >= 11 is 0. The highest BCUT2D eigenvalue weighted by Crippen LogP contribution is 2.45. The van der Waals surface area contributed by atoms with E-state index in [1.807, 2.05) is 0 Å². The lowest BCUT2D eigenvalue weighted by atomic mass is 9.79. The van der Waals surface area contributed by atoms with Crippen molar-refractivity contribution >= 4 is 17.7 Å². The monoisotopic (exact) mass is 812 g/mol. The second-order valence-corrected chi connectivity index (χ2v) is 13.1. The Morgan fingerprint density at radius 2 is 1.46 bits per heavy atom. The summed E-state index contributed by atoms with van der Waals surface area (Å²) in [6.45, 7) is 3.07. The minimum atomic E-state index is -5.16. The number of benzene rings is 3.